The molecule has 0 bridgehead atoms. The van der Waals surface area contributed by atoms with Gasteiger partial charge in [-0.05, 0) is 0 Å². The van der Waals surface area contributed by atoms with E-state index in [0.717, 1.165) is 0 Å². The van der Waals surface area contributed by atoms with E-state index in [1.807, 2.05) is 0 Å². The molecule has 2 nitrogen and oxygen atoms in total. The number of carbonyl (C=O) groups is 1. The normalized spacial score (nSPS) is 21.7. The summed E-state index contributed by atoms with van der Waals surface area (Å²) in [5.74, 6) is -2.40. The van der Waals surface area contributed by atoms with Crippen LogP contribution in [0.3, 0.4) is 0 Å². The van der Waals surface area contributed by atoms with Gasteiger partial charge in [0.25, 0.3) is 0 Å². The number of halogens is 7. The molecule has 0 fully saturated rings. The van der Waals surface area contributed by atoms with Crippen molar-refractivity contribution in [2.45, 2.75) is 43.5 Å². The monoisotopic (exact) mass is 284 g/mol. The molecule has 0 radical (unpaired) electrons. The first-order valence-corrected chi connectivity index (χ1v) is 4.87. The van der Waals surface area contributed by atoms with E-state index in [0.29, 0.717) is 0 Å². The fourth-order valence-corrected chi connectivity index (χ4v) is 1.11. The van der Waals surface area contributed by atoms with Gasteiger partial charge >= 0.3 is 5.97 Å². The summed E-state index contributed by atoms with van der Waals surface area (Å²) >= 11 is 0. The molecule has 18 heavy (non-hydrogen) atoms. The van der Waals surface area contributed by atoms with Crippen LogP contribution < -0.4 is 0 Å². The number of carboxylic acids is 1. The third-order valence-electron chi connectivity index (χ3n) is 2.16. The van der Waals surface area contributed by atoms with E-state index in [1.165, 1.54) is 0 Å². The zero-order valence-electron chi connectivity index (χ0n) is 8.88. The Hall–Kier alpha value is -1.02. The van der Waals surface area contributed by atoms with Crippen LogP contribution in [0.1, 0.15) is 6.42 Å². The standard InChI is InChI=1S/C9H11F7O2/c10-2-1-3(11)4(12)5(13)6(14)7(15)8(16)9(17)18/h3-8H,1-2H2,(H,17,18). The molecule has 0 aromatic rings. The average Bonchev–Trinajstić information content (AvgIpc) is 2.34. The minimum absolute atomic E-state index is 1.07. The van der Waals surface area contributed by atoms with Crippen LogP contribution in [0.15, 0.2) is 0 Å². The number of hydrogen-bond acceptors (Lipinski definition) is 1. The molecule has 0 aliphatic rings. The van der Waals surface area contributed by atoms with Crippen LogP contribution in [0, 0.1) is 0 Å². The zero-order chi connectivity index (χ0) is 14.5. The SMILES string of the molecule is O=C(O)C(F)C(F)C(F)C(F)C(F)C(F)CCF. The number of aliphatic carboxylic acids is 1. The Balaban J connectivity index is 4.57. The van der Waals surface area contributed by atoms with Crippen molar-refractivity contribution in [1.29, 1.82) is 0 Å². The van der Waals surface area contributed by atoms with Gasteiger partial charge in [-0.1, -0.05) is 0 Å². The molecular weight excluding hydrogens is 273 g/mol. The van der Waals surface area contributed by atoms with Crippen LogP contribution in [0.5, 0.6) is 0 Å². The highest BCUT2D eigenvalue weighted by Crippen LogP contribution is 2.25. The van der Waals surface area contributed by atoms with Crippen molar-refractivity contribution < 1.29 is 40.6 Å². The van der Waals surface area contributed by atoms with Gasteiger partial charge in [-0.15, -0.1) is 0 Å². The van der Waals surface area contributed by atoms with Gasteiger partial charge in [-0.3, -0.25) is 4.39 Å². The topological polar surface area (TPSA) is 37.3 Å². The summed E-state index contributed by atoms with van der Waals surface area (Å²) in [6, 6.07) is 0. The van der Waals surface area contributed by atoms with E-state index in [9.17, 15) is 35.5 Å². The molecule has 6 unspecified atom stereocenters. The van der Waals surface area contributed by atoms with Crippen LogP contribution in [0.25, 0.3) is 0 Å². The van der Waals surface area contributed by atoms with E-state index < -0.39 is 56.1 Å². The van der Waals surface area contributed by atoms with Gasteiger partial charge in [-0.25, -0.2) is 31.1 Å². The largest absolute Gasteiger partial charge is 0.479 e. The summed E-state index contributed by atoms with van der Waals surface area (Å²) < 4.78 is 88.2. The average molecular weight is 284 g/mol. The van der Waals surface area contributed by atoms with Crippen LogP contribution in [-0.4, -0.2) is 54.8 Å². The molecule has 0 spiro atoms. The number of rotatable bonds is 8. The van der Waals surface area contributed by atoms with Crippen molar-refractivity contribution in [3.05, 3.63) is 0 Å². The minimum atomic E-state index is -3.50. The molecule has 0 aliphatic heterocycles. The molecule has 9 heteroatoms. The Kier molecular flexibility index (Phi) is 7.00. The number of hydrogen-bond donors (Lipinski definition) is 1. The quantitative estimate of drug-likeness (QED) is 0.695. The highest BCUT2D eigenvalue weighted by Gasteiger charge is 2.45. The van der Waals surface area contributed by atoms with Gasteiger partial charge < -0.3 is 5.11 Å². The van der Waals surface area contributed by atoms with Gasteiger partial charge in [0, 0.05) is 6.42 Å². The van der Waals surface area contributed by atoms with Crippen molar-refractivity contribution in [3.8, 4) is 0 Å². The van der Waals surface area contributed by atoms with Gasteiger partial charge in [0.2, 0.25) is 6.17 Å². The second kappa shape index (κ2) is 7.42. The van der Waals surface area contributed by atoms with Crippen molar-refractivity contribution in [1.82, 2.24) is 0 Å². The maximum absolute atomic E-state index is 12.9. The van der Waals surface area contributed by atoms with Gasteiger partial charge in [-0.2, -0.15) is 0 Å². The van der Waals surface area contributed by atoms with Crippen molar-refractivity contribution in [3.63, 3.8) is 0 Å². The Bertz CT molecular complexity index is 265. The highest BCUT2D eigenvalue weighted by atomic mass is 19.2. The molecular formula is C9H11F7O2. The summed E-state index contributed by atoms with van der Waals surface area (Å²) in [6.07, 6.45) is -20.8. The summed E-state index contributed by atoms with van der Waals surface area (Å²) in [7, 11) is 0. The molecule has 108 valence electrons. The number of alkyl halides is 7. The summed E-state index contributed by atoms with van der Waals surface area (Å²) in [6.45, 7) is -1.34. The van der Waals surface area contributed by atoms with Crippen molar-refractivity contribution in [2.75, 3.05) is 6.67 Å². The Morgan fingerprint density at radius 1 is 0.889 bits per heavy atom. The van der Waals surface area contributed by atoms with E-state index in [-0.39, 0.29) is 0 Å². The fraction of sp³-hybridized carbons (Fsp3) is 0.889. The van der Waals surface area contributed by atoms with Crippen LogP contribution in [0.2, 0.25) is 0 Å². The highest BCUT2D eigenvalue weighted by molar-refractivity contribution is 5.73. The predicted molar refractivity (Wildman–Crippen MR) is 47.6 cm³/mol. The second-order valence-corrected chi connectivity index (χ2v) is 3.51. The molecule has 0 saturated carbocycles. The summed E-state index contributed by atoms with van der Waals surface area (Å²) in [4.78, 5) is 9.95. The maximum atomic E-state index is 12.9. The van der Waals surface area contributed by atoms with Gasteiger partial charge in [0.15, 0.2) is 24.7 Å². The lowest BCUT2D eigenvalue weighted by Gasteiger charge is -2.22. The van der Waals surface area contributed by atoms with Crippen LogP contribution in [0.4, 0.5) is 30.7 Å². The molecule has 1 N–H and O–H groups in total. The van der Waals surface area contributed by atoms with Crippen molar-refractivity contribution in [2.24, 2.45) is 0 Å². The lowest BCUT2D eigenvalue weighted by Crippen LogP contribution is -2.44. The van der Waals surface area contributed by atoms with E-state index in [1.54, 1.807) is 0 Å². The van der Waals surface area contributed by atoms with Gasteiger partial charge in [0.1, 0.15) is 6.17 Å². The first-order valence-electron chi connectivity index (χ1n) is 4.87. The Morgan fingerprint density at radius 2 is 1.33 bits per heavy atom. The van der Waals surface area contributed by atoms with Crippen LogP contribution in [-0.2, 0) is 4.79 Å². The molecule has 0 saturated heterocycles. The van der Waals surface area contributed by atoms with E-state index >= 15 is 0 Å². The predicted octanol–water partition coefficient (Wildman–Crippen LogP) is 2.46. The third kappa shape index (κ3) is 4.34. The fourth-order valence-electron chi connectivity index (χ4n) is 1.11. The van der Waals surface area contributed by atoms with Gasteiger partial charge in [0.05, 0.1) is 6.67 Å². The number of carboxylic acid groups (broad SMARTS) is 1. The summed E-state index contributed by atoms with van der Waals surface area (Å²) in [5.41, 5.74) is 0. The smallest absolute Gasteiger partial charge is 0.341 e. The van der Waals surface area contributed by atoms with Crippen molar-refractivity contribution >= 4 is 5.97 Å². The summed E-state index contributed by atoms with van der Waals surface area (Å²) in [5, 5.41) is 7.99. The lowest BCUT2D eigenvalue weighted by atomic mass is 10.0. The second-order valence-electron chi connectivity index (χ2n) is 3.51. The molecule has 6 atom stereocenters. The lowest BCUT2D eigenvalue weighted by molar-refractivity contribution is -0.147. The molecule has 0 aliphatic carbocycles. The van der Waals surface area contributed by atoms with E-state index in [4.69, 9.17) is 5.11 Å². The molecule has 0 rings (SSSR count). The molecule has 0 heterocycles. The first-order chi connectivity index (χ1) is 8.23. The Morgan fingerprint density at radius 3 is 1.72 bits per heavy atom. The first kappa shape index (κ1) is 17.0. The molecule has 0 amide bonds. The minimum Gasteiger partial charge on any atom is -0.479 e. The third-order valence-corrected chi connectivity index (χ3v) is 2.16. The van der Waals surface area contributed by atoms with Crippen LogP contribution >= 0.6 is 0 Å². The maximum Gasteiger partial charge on any atom is 0.341 e. The Labute approximate surface area is 97.8 Å². The zero-order valence-corrected chi connectivity index (χ0v) is 8.88. The van der Waals surface area contributed by atoms with E-state index in [2.05, 4.69) is 0 Å². The molecule has 0 aromatic heterocycles. The molecule has 0 aromatic carbocycles.